The van der Waals surface area contributed by atoms with Crippen LogP contribution in [0.15, 0.2) is 54.7 Å². The predicted molar refractivity (Wildman–Crippen MR) is 142 cm³/mol. The highest BCUT2D eigenvalue weighted by atomic mass is 32.1. The zero-order valence-corrected chi connectivity index (χ0v) is 21.3. The molecule has 2 aromatic heterocycles. The topological polar surface area (TPSA) is 79.8 Å². The SMILES string of the molecule is CN1C/C=C/COCc2ccc(s2)-c2ccnc(n2)Nc2ccc(OCC(=O)N3CCCC3)c(c2)C1. The van der Waals surface area contributed by atoms with Crippen LogP contribution >= 0.6 is 11.3 Å². The third kappa shape index (κ3) is 6.29. The van der Waals surface area contributed by atoms with Gasteiger partial charge < -0.3 is 19.7 Å². The van der Waals surface area contributed by atoms with E-state index >= 15 is 0 Å². The van der Waals surface area contributed by atoms with Gasteiger partial charge in [0, 0.05) is 48.5 Å². The van der Waals surface area contributed by atoms with Gasteiger partial charge in [0.05, 0.1) is 23.8 Å². The Morgan fingerprint density at radius 2 is 2.06 bits per heavy atom. The van der Waals surface area contributed by atoms with Crippen LogP contribution in [0.25, 0.3) is 10.6 Å². The van der Waals surface area contributed by atoms with Gasteiger partial charge in [0.15, 0.2) is 6.61 Å². The number of nitrogens with one attached hydrogen (secondary N) is 1. The molecule has 0 saturated carbocycles. The van der Waals surface area contributed by atoms with Crippen molar-refractivity contribution >= 4 is 28.9 Å². The molecule has 3 aromatic rings. The molecule has 2 aliphatic heterocycles. The van der Waals surface area contributed by atoms with Gasteiger partial charge in [0.25, 0.3) is 5.91 Å². The van der Waals surface area contributed by atoms with Crippen molar-refractivity contribution in [2.75, 3.05) is 45.2 Å². The third-order valence-corrected chi connectivity index (χ3v) is 7.26. The lowest BCUT2D eigenvalue weighted by Gasteiger charge is -2.20. The van der Waals surface area contributed by atoms with E-state index in [1.54, 1.807) is 17.5 Å². The highest BCUT2D eigenvalue weighted by molar-refractivity contribution is 7.15. The van der Waals surface area contributed by atoms with E-state index in [0.717, 1.165) is 59.2 Å². The summed E-state index contributed by atoms with van der Waals surface area (Å²) in [6, 6.07) is 12.0. The predicted octanol–water partition coefficient (Wildman–Crippen LogP) is 4.47. The summed E-state index contributed by atoms with van der Waals surface area (Å²) < 4.78 is 11.8. The summed E-state index contributed by atoms with van der Waals surface area (Å²) in [7, 11) is 2.06. The van der Waals surface area contributed by atoms with Gasteiger partial charge in [-0.1, -0.05) is 12.2 Å². The van der Waals surface area contributed by atoms with Crippen molar-refractivity contribution in [1.29, 1.82) is 0 Å². The van der Waals surface area contributed by atoms with Crippen LogP contribution in [0.2, 0.25) is 0 Å². The molecule has 1 amide bonds. The Kier molecular flexibility index (Phi) is 7.90. The lowest BCUT2D eigenvalue weighted by atomic mass is 10.1. The quantitative estimate of drug-likeness (QED) is 0.526. The number of ether oxygens (including phenoxy) is 2. The largest absolute Gasteiger partial charge is 0.483 e. The van der Waals surface area contributed by atoms with Gasteiger partial charge in [-0.05, 0) is 56.3 Å². The van der Waals surface area contributed by atoms with Crippen LogP contribution < -0.4 is 10.1 Å². The smallest absolute Gasteiger partial charge is 0.260 e. The van der Waals surface area contributed by atoms with E-state index in [2.05, 4.69) is 46.5 Å². The van der Waals surface area contributed by atoms with Crippen molar-refractivity contribution < 1.29 is 14.3 Å². The van der Waals surface area contributed by atoms with Gasteiger partial charge in [-0.15, -0.1) is 11.3 Å². The molecule has 1 saturated heterocycles. The Bertz CT molecular complexity index is 1220. The van der Waals surface area contributed by atoms with Crippen LogP contribution in [0, 0.1) is 0 Å². The molecule has 0 spiro atoms. The molecular weight excluding hydrogens is 474 g/mol. The third-order valence-electron chi connectivity index (χ3n) is 6.18. The highest BCUT2D eigenvalue weighted by Crippen LogP contribution is 2.29. The summed E-state index contributed by atoms with van der Waals surface area (Å²) in [6.45, 7) is 4.25. The number of likely N-dealkylation sites (tertiary alicyclic amines) is 1. The fraction of sp³-hybridized carbons (Fsp3) is 0.370. The Balaban J connectivity index is 1.39. The van der Waals surface area contributed by atoms with Gasteiger partial charge in [0.2, 0.25) is 5.95 Å². The monoisotopic (exact) mass is 505 g/mol. The number of thiophene rings is 1. The van der Waals surface area contributed by atoms with Gasteiger partial charge in [-0.3, -0.25) is 9.69 Å². The molecular formula is C27H31N5O3S. The number of carbonyl (C=O) groups excluding carboxylic acids is 1. The number of amides is 1. The molecule has 4 heterocycles. The number of likely N-dealkylation sites (N-methyl/N-ethyl adjacent to an activating group) is 1. The molecule has 5 rings (SSSR count). The molecule has 0 atom stereocenters. The minimum atomic E-state index is 0.0420. The minimum Gasteiger partial charge on any atom is -0.483 e. The van der Waals surface area contributed by atoms with E-state index in [0.29, 0.717) is 31.5 Å². The first-order valence-corrected chi connectivity index (χ1v) is 13.1. The molecule has 8 nitrogen and oxygen atoms in total. The number of carbonyl (C=O) groups is 1. The second kappa shape index (κ2) is 11.6. The molecule has 36 heavy (non-hydrogen) atoms. The second-order valence-corrected chi connectivity index (χ2v) is 10.2. The number of hydrogen-bond donors (Lipinski definition) is 1. The maximum absolute atomic E-state index is 12.5. The average molecular weight is 506 g/mol. The molecule has 9 heteroatoms. The average Bonchev–Trinajstić information content (AvgIpc) is 3.58. The van der Waals surface area contributed by atoms with E-state index in [1.807, 2.05) is 29.2 Å². The van der Waals surface area contributed by atoms with Crippen molar-refractivity contribution in [3.05, 3.63) is 65.2 Å². The number of rotatable bonds is 3. The van der Waals surface area contributed by atoms with Crippen LogP contribution in [0.1, 0.15) is 23.3 Å². The van der Waals surface area contributed by atoms with Crippen molar-refractivity contribution in [2.24, 2.45) is 0 Å². The normalized spacial score (nSPS) is 17.6. The zero-order valence-electron chi connectivity index (χ0n) is 20.5. The van der Waals surface area contributed by atoms with Gasteiger partial charge in [-0.25, -0.2) is 9.97 Å². The van der Waals surface area contributed by atoms with Gasteiger partial charge in [0.1, 0.15) is 5.75 Å². The molecule has 0 radical (unpaired) electrons. The van der Waals surface area contributed by atoms with E-state index in [1.165, 1.54) is 0 Å². The first-order chi connectivity index (χ1) is 17.6. The number of anilines is 2. The first kappa shape index (κ1) is 24.4. The molecule has 6 bridgehead atoms. The van der Waals surface area contributed by atoms with E-state index in [-0.39, 0.29) is 12.5 Å². The van der Waals surface area contributed by atoms with Crippen molar-refractivity contribution in [2.45, 2.75) is 26.0 Å². The van der Waals surface area contributed by atoms with E-state index in [4.69, 9.17) is 14.5 Å². The summed E-state index contributed by atoms with van der Waals surface area (Å²) >= 11 is 1.67. The first-order valence-electron chi connectivity index (χ1n) is 12.3. The second-order valence-electron chi connectivity index (χ2n) is 9.04. The molecule has 1 fully saturated rings. The van der Waals surface area contributed by atoms with Crippen LogP contribution in [-0.2, 0) is 22.7 Å². The number of hydrogen-bond acceptors (Lipinski definition) is 8. The maximum atomic E-state index is 12.5. The standard InChI is InChI=1S/C27H31N5O3S/c1-31-12-4-5-15-34-18-22-7-9-25(36-22)23-10-11-28-27(30-23)29-21-6-8-24(20(16-21)17-31)35-19-26(33)32-13-2-3-14-32/h4-11,16H,2-3,12-15,17-19H2,1H3,(H,28,29,30)/b5-4+. The summed E-state index contributed by atoms with van der Waals surface area (Å²) in [4.78, 5) is 28.0. The zero-order chi connectivity index (χ0) is 24.7. The van der Waals surface area contributed by atoms with Gasteiger partial charge >= 0.3 is 0 Å². The van der Waals surface area contributed by atoms with Crippen molar-refractivity contribution in [3.63, 3.8) is 0 Å². The van der Waals surface area contributed by atoms with Crippen LogP contribution in [0.4, 0.5) is 11.6 Å². The molecule has 2 aliphatic rings. The fourth-order valence-corrected chi connectivity index (χ4v) is 5.22. The molecule has 0 aliphatic carbocycles. The maximum Gasteiger partial charge on any atom is 0.260 e. The lowest BCUT2D eigenvalue weighted by molar-refractivity contribution is -0.132. The number of aromatic nitrogens is 2. The summed E-state index contributed by atoms with van der Waals surface area (Å²) in [5.41, 5.74) is 2.72. The van der Waals surface area contributed by atoms with Crippen LogP contribution in [0.3, 0.4) is 0 Å². The van der Waals surface area contributed by atoms with Crippen molar-refractivity contribution in [1.82, 2.24) is 19.8 Å². The number of nitrogens with zero attached hydrogens (tertiary/aromatic N) is 4. The number of fused-ring (bicyclic) bond motifs is 7. The summed E-state index contributed by atoms with van der Waals surface area (Å²) in [5.74, 6) is 1.28. The Morgan fingerprint density at radius 1 is 1.17 bits per heavy atom. The van der Waals surface area contributed by atoms with Crippen LogP contribution in [-0.4, -0.2) is 65.6 Å². The molecule has 1 aromatic carbocycles. The van der Waals surface area contributed by atoms with Gasteiger partial charge in [-0.2, -0.15) is 0 Å². The Hall–Kier alpha value is -3.27. The number of benzene rings is 1. The lowest BCUT2D eigenvalue weighted by Crippen LogP contribution is -2.32. The summed E-state index contributed by atoms with van der Waals surface area (Å²) in [5, 5.41) is 3.33. The molecule has 0 unspecified atom stereocenters. The minimum absolute atomic E-state index is 0.0420. The van der Waals surface area contributed by atoms with E-state index in [9.17, 15) is 4.79 Å². The van der Waals surface area contributed by atoms with E-state index < -0.39 is 0 Å². The fourth-order valence-electron chi connectivity index (χ4n) is 4.30. The van der Waals surface area contributed by atoms with Crippen LogP contribution in [0.5, 0.6) is 5.75 Å². The highest BCUT2D eigenvalue weighted by Gasteiger charge is 2.19. The van der Waals surface area contributed by atoms with Crippen molar-refractivity contribution in [3.8, 4) is 16.3 Å². The Labute approximate surface area is 215 Å². The molecule has 1 N–H and O–H groups in total. The molecule has 188 valence electrons. The summed E-state index contributed by atoms with van der Waals surface area (Å²) in [6.07, 6.45) is 8.06. The Morgan fingerprint density at radius 3 is 2.94 bits per heavy atom.